The van der Waals surface area contributed by atoms with Crippen molar-refractivity contribution >= 4 is 23.2 Å². The van der Waals surface area contributed by atoms with E-state index in [0.717, 1.165) is 11.4 Å². The van der Waals surface area contributed by atoms with Gasteiger partial charge in [0.2, 0.25) is 5.91 Å². The number of rotatable bonds is 4. The van der Waals surface area contributed by atoms with Gasteiger partial charge in [0.25, 0.3) is 0 Å². The summed E-state index contributed by atoms with van der Waals surface area (Å²) in [4.78, 5) is 20.0. The molecule has 0 saturated heterocycles. The minimum absolute atomic E-state index is 0.0946. The zero-order valence-corrected chi connectivity index (χ0v) is 13.6. The van der Waals surface area contributed by atoms with Gasteiger partial charge in [-0.25, -0.2) is 14.6 Å². The van der Waals surface area contributed by atoms with Gasteiger partial charge in [-0.2, -0.15) is 5.10 Å². The van der Waals surface area contributed by atoms with Crippen molar-refractivity contribution < 1.29 is 4.79 Å². The highest BCUT2D eigenvalue weighted by Gasteiger charge is 2.21. The second-order valence-corrected chi connectivity index (χ2v) is 5.73. The van der Waals surface area contributed by atoms with Crippen LogP contribution in [0.15, 0.2) is 48.9 Å². The minimum Gasteiger partial charge on any atom is -0.360 e. The molecular formula is C17H17N7O. The van der Waals surface area contributed by atoms with Gasteiger partial charge in [0, 0.05) is 6.20 Å². The summed E-state index contributed by atoms with van der Waals surface area (Å²) in [5.41, 5.74) is 2.43. The van der Waals surface area contributed by atoms with Gasteiger partial charge < -0.3 is 16.0 Å². The molecule has 0 saturated carbocycles. The lowest BCUT2D eigenvalue weighted by atomic mass is 10.2. The van der Waals surface area contributed by atoms with E-state index in [-0.39, 0.29) is 18.5 Å². The topological polar surface area (TPSA) is 96.8 Å². The standard InChI is InChI=1S/C17H17N7O/c1-11(13-7-8-24(23-13)12-5-3-2-4-6-12)21-17-15-16(19-10-20-17)18-9-14(25)22-15/h2-8,10-11H,9H2,1H3,(H,22,25)(H2,18,19,20,21). The van der Waals surface area contributed by atoms with Crippen LogP contribution in [0.2, 0.25) is 0 Å². The van der Waals surface area contributed by atoms with E-state index in [1.807, 2.05) is 54.2 Å². The van der Waals surface area contributed by atoms with E-state index in [1.165, 1.54) is 6.33 Å². The van der Waals surface area contributed by atoms with Crippen LogP contribution in [0.4, 0.5) is 17.3 Å². The van der Waals surface area contributed by atoms with Gasteiger partial charge in [-0.3, -0.25) is 4.79 Å². The molecule has 4 rings (SSSR count). The molecule has 1 aliphatic rings. The number of nitrogens with one attached hydrogen (secondary N) is 3. The Balaban J connectivity index is 1.56. The van der Waals surface area contributed by atoms with Gasteiger partial charge in [0.1, 0.15) is 12.0 Å². The molecule has 0 aliphatic carbocycles. The number of carbonyl (C=O) groups is 1. The summed E-state index contributed by atoms with van der Waals surface area (Å²) in [5, 5.41) is 13.7. The summed E-state index contributed by atoms with van der Waals surface area (Å²) < 4.78 is 1.83. The molecule has 8 nitrogen and oxygen atoms in total. The smallest absolute Gasteiger partial charge is 0.243 e. The fourth-order valence-electron chi connectivity index (χ4n) is 2.67. The first-order chi connectivity index (χ1) is 12.2. The van der Waals surface area contributed by atoms with Crippen LogP contribution in [0.1, 0.15) is 18.7 Å². The average Bonchev–Trinajstić information content (AvgIpc) is 3.13. The number of para-hydroxylation sites is 1. The van der Waals surface area contributed by atoms with Crippen molar-refractivity contribution in [3.63, 3.8) is 0 Å². The quantitative estimate of drug-likeness (QED) is 0.676. The van der Waals surface area contributed by atoms with Crippen molar-refractivity contribution in [1.29, 1.82) is 0 Å². The summed E-state index contributed by atoms with van der Waals surface area (Å²) in [6.07, 6.45) is 3.38. The molecule has 2 aromatic heterocycles. The lowest BCUT2D eigenvalue weighted by Crippen LogP contribution is -2.29. The Morgan fingerprint density at radius 2 is 2.04 bits per heavy atom. The minimum atomic E-state index is -0.119. The molecule has 3 heterocycles. The molecule has 25 heavy (non-hydrogen) atoms. The molecule has 0 bridgehead atoms. The van der Waals surface area contributed by atoms with Crippen LogP contribution in [-0.4, -0.2) is 32.2 Å². The van der Waals surface area contributed by atoms with E-state index >= 15 is 0 Å². The second kappa shape index (κ2) is 6.23. The maximum atomic E-state index is 11.6. The first-order valence-corrected chi connectivity index (χ1v) is 7.97. The van der Waals surface area contributed by atoms with E-state index < -0.39 is 0 Å². The van der Waals surface area contributed by atoms with Crippen LogP contribution < -0.4 is 16.0 Å². The van der Waals surface area contributed by atoms with Gasteiger partial charge in [-0.1, -0.05) is 18.2 Å². The predicted molar refractivity (Wildman–Crippen MR) is 94.8 cm³/mol. The number of anilines is 3. The van der Waals surface area contributed by atoms with Crippen LogP contribution in [0.3, 0.4) is 0 Å². The molecular weight excluding hydrogens is 318 g/mol. The first kappa shape index (κ1) is 15.1. The molecule has 0 fully saturated rings. The summed E-state index contributed by atoms with van der Waals surface area (Å²) >= 11 is 0. The van der Waals surface area contributed by atoms with Crippen LogP contribution in [0.5, 0.6) is 0 Å². The molecule has 1 unspecified atom stereocenters. The molecule has 0 spiro atoms. The number of hydrogen-bond acceptors (Lipinski definition) is 6. The van der Waals surface area contributed by atoms with Crippen molar-refractivity contribution in [2.75, 3.05) is 22.5 Å². The summed E-state index contributed by atoms with van der Waals surface area (Å²) in [5.74, 6) is 1.05. The highest BCUT2D eigenvalue weighted by atomic mass is 16.2. The van der Waals surface area contributed by atoms with Crippen molar-refractivity contribution in [2.24, 2.45) is 0 Å². The predicted octanol–water partition coefficient (Wildman–Crippen LogP) is 2.20. The Morgan fingerprint density at radius 3 is 2.88 bits per heavy atom. The Morgan fingerprint density at radius 1 is 1.20 bits per heavy atom. The van der Waals surface area contributed by atoms with Crippen LogP contribution in [0.25, 0.3) is 5.69 Å². The second-order valence-electron chi connectivity index (χ2n) is 5.73. The number of aromatic nitrogens is 4. The van der Waals surface area contributed by atoms with Crippen molar-refractivity contribution in [1.82, 2.24) is 19.7 Å². The zero-order chi connectivity index (χ0) is 17.2. The Kier molecular flexibility index (Phi) is 3.77. The summed E-state index contributed by atoms with van der Waals surface area (Å²) in [6, 6.07) is 11.8. The number of carbonyl (C=O) groups excluding carboxylic acids is 1. The van der Waals surface area contributed by atoms with E-state index in [2.05, 4.69) is 31.0 Å². The lowest BCUT2D eigenvalue weighted by Gasteiger charge is -2.21. The number of amides is 1. The first-order valence-electron chi connectivity index (χ1n) is 7.97. The number of benzene rings is 1. The van der Waals surface area contributed by atoms with Crippen molar-refractivity contribution in [3.05, 3.63) is 54.6 Å². The Bertz CT molecular complexity index is 906. The molecule has 1 aliphatic heterocycles. The van der Waals surface area contributed by atoms with Gasteiger partial charge in [-0.05, 0) is 25.1 Å². The molecule has 0 radical (unpaired) electrons. The van der Waals surface area contributed by atoms with Crippen LogP contribution >= 0.6 is 0 Å². The lowest BCUT2D eigenvalue weighted by molar-refractivity contribution is -0.114. The third kappa shape index (κ3) is 3.01. The van der Waals surface area contributed by atoms with E-state index in [4.69, 9.17) is 0 Å². The number of fused-ring (bicyclic) bond motifs is 1. The Labute approximate surface area is 144 Å². The van der Waals surface area contributed by atoms with Gasteiger partial charge in [0.15, 0.2) is 11.6 Å². The molecule has 1 aromatic carbocycles. The van der Waals surface area contributed by atoms with E-state index in [0.29, 0.717) is 17.3 Å². The number of nitrogens with zero attached hydrogens (tertiary/aromatic N) is 4. The van der Waals surface area contributed by atoms with Gasteiger partial charge in [0.05, 0.1) is 24.0 Å². The van der Waals surface area contributed by atoms with Crippen molar-refractivity contribution in [2.45, 2.75) is 13.0 Å². The zero-order valence-electron chi connectivity index (χ0n) is 13.6. The van der Waals surface area contributed by atoms with Gasteiger partial charge in [-0.15, -0.1) is 0 Å². The monoisotopic (exact) mass is 335 g/mol. The third-order valence-corrected chi connectivity index (χ3v) is 3.96. The Hall–Kier alpha value is -3.42. The van der Waals surface area contributed by atoms with E-state index in [1.54, 1.807) is 0 Å². The SMILES string of the molecule is CC(Nc1ncnc2c1NC(=O)CN2)c1ccn(-c2ccccc2)n1. The number of hydrogen-bond donors (Lipinski definition) is 3. The maximum absolute atomic E-state index is 11.6. The van der Waals surface area contributed by atoms with Crippen molar-refractivity contribution in [3.8, 4) is 5.69 Å². The molecule has 8 heteroatoms. The highest BCUT2D eigenvalue weighted by molar-refractivity contribution is 6.02. The fraction of sp³-hybridized carbons (Fsp3) is 0.176. The normalized spacial score (nSPS) is 14.2. The van der Waals surface area contributed by atoms with Gasteiger partial charge >= 0.3 is 0 Å². The molecule has 1 atom stereocenters. The van der Waals surface area contributed by atoms with Crippen LogP contribution in [0, 0.1) is 0 Å². The molecule has 126 valence electrons. The highest BCUT2D eigenvalue weighted by Crippen LogP contribution is 2.30. The summed E-state index contributed by atoms with van der Waals surface area (Å²) in [7, 11) is 0. The maximum Gasteiger partial charge on any atom is 0.243 e. The van der Waals surface area contributed by atoms with Crippen LogP contribution in [-0.2, 0) is 4.79 Å². The molecule has 1 amide bonds. The fourth-order valence-corrected chi connectivity index (χ4v) is 2.67. The van der Waals surface area contributed by atoms with E-state index in [9.17, 15) is 4.79 Å². The molecule has 3 N–H and O–H groups in total. The largest absolute Gasteiger partial charge is 0.360 e. The average molecular weight is 335 g/mol. The third-order valence-electron chi connectivity index (χ3n) is 3.96. The molecule has 3 aromatic rings. The summed E-state index contributed by atoms with van der Waals surface area (Å²) in [6.45, 7) is 2.20.